The first-order chi connectivity index (χ1) is 13.3. The Labute approximate surface area is 163 Å². The van der Waals surface area contributed by atoms with Gasteiger partial charge in [0.05, 0.1) is 12.8 Å². The monoisotopic (exact) mass is 383 g/mol. The molecule has 1 aromatic carbocycles. The topological polar surface area (TPSA) is 54.7 Å². The number of ether oxygens (including phenoxy) is 1. The molecule has 0 amide bonds. The van der Waals surface area contributed by atoms with Crippen molar-refractivity contribution in [2.24, 2.45) is 0 Å². The fraction of sp³-hybridized carbons (Fsp3) is 0.400. The van der Waals surface area contributed by atoms with Crippen molar-refractivity contribution in [1.29, 1.82) is 0 Å². The van der Waals surface area contributed by atoms with Gasteiger partial charge in [0.2, 0.25) is 0 Å². The van der Waals surface area contributed by atoms with E-state index >= 15 is 0 Å². The average molecular weight is 384 g/mol. The lowest BCUT2D eigenvalue weighted by molar-refractivity contribution is 0.226. The molecule has 7 heteroatoms. The van der Waals surface area contributed by atoms with Gasteiger partial charge in [-0.1, -0.05) is 11.6 Å². The Kier molecular flexibility index (Phi) is 4.38. The summed E-state index contributed by atoms with van der Waals surface area (Å²) >= 11 is 6.35. The minimum atomic E-state index is 0.549. The van der Waals surface area contributed by atoms with E-state index in [0.29, 0.717) is 17.7 Å². The molecule has 1 atom stereocenters. The standard InChI is InChI=1S/C20H22ClN5O/c21-15-9-14-10-17(11-15)27-8-2-6-25-5-1-3-16(25)12-22-19-4-7-26-20(24-19)18(14)13-23-26/h4,7,9-11,13,16H,1-3,5-6,8,12H2,(H,22,24)/t16-/m0/s1. The molecule has 4 bridgehead atoms. The molecule has 1 fully saturated rings. The van der Waals surface area contributed by atoms with Crippen molar-refractivity contribution in [3.8, 4) is 16.9 Å². The van der Waals surface area contributed by atoms with Gasteiger partial charge >= 0.3 is 0 Å². The quantitative estimate of drug-likeness (QED) is 0.641. The SMILES string of the molecule is Clc1cc2cc(c1)-c1cnn3ccc(nc13)NC[C@@H]1CCCN1CCCO2. The zero-order chi connectivity index (χ0) is 18.2. The van der Waals surface area contributed by atoms with Crippen LogP contribution in [0.4, 0.5) is 5.82 Å². The molecule has 0 saturated carbocycles. The van der Waals surface area contributed by atoms with Crippen molar-refractivity contribution in [2.75, 3.05) is 31.6 Å². The Hall–Kier alpha value is -2.31. The van der Waals surface area contributed by atoms with Gasteiger partial charge in [0.25, 0.3) is 0 Å². The van der Waals surface area contributed by atoms with Crippen LogP contribution < -0.4 is 10.1 Å². The molecule has 0 radical (unpaired) electrons. The minimum Gasteiger partial charge on any atom is -0.493 e. The molecule has 2 aromatic heterocycles. The first kappa shape index (κ1) is 16.8. The fourth-order valence-corrected chi connectivity index (χ4v) is 4.30. The summed E-state index contributed by atoms with van der Waals surface area (Å²) in [5.41, 5.74) is 2.72. The van der Waals surface area contributed by atoms with E-state index in [4.69, 9.17) is 21.3 Å². The number of nitrogens with one attached hydrogen (secondary N) is 1. The molecular formula is C20H22ClN5O. The second kappa shape index (κ2) is 7.02. The van der Waals surface area contributed by atoms with Crippen molar-refractivity contribution in [3.63, 3.8) is 0 Å². The van der Waals surface area contributed by atoms with E-state index < -0.39 is 0 Å². The lowest BCUT2D eigenvalue weighted by Gasteiger charge is -2.24. The lowest BCUT2D eigenvalue weighted by atomic mass is 10.1. The van der Waals surface area contributed by atoms with E-state index in [-0.39, 0.29) is 0 Å². The Morgan fingerprint density at radius 1 is 1.19 bits per heavy atom. The van der Waals surface area contributed by atoms with Crippen LogP contribution in [0.25, 0.3) is 16.8 Å². The Balaban J connectivity index is 1.57. The number of aromatic nitrogens is 3. The molecule has 3 aromatic rings. The maximum atomic E-state index is 6.35. The van der Waals surface area contributed by atoms with Crippen molar-refractivity contribution in [2.45, 2.75) is 25.3 Å². The lowest BCUT2D eigenvalue weighted by Crippen LogP contribution is -2.36. The van der Waals surface area contributed by atoms with Crippen molar-refractivity contribution >= 4 is 23.1 Å². The van der Waals surface area contributed by atoms with E-state index in [2.05, 4.69) is 15.3 Å². The van der Waals surface area contributed by atoms with Gasteiger partial charge in [0.1, 0.15) is 11.6 Å². The molecule has 1 N–H and O–H groups in total. The van der Waals surface area contributed by atoms with E-state index in [0.717, 1.165) is 54.4 Å². The van der Waals surface area contributed by atoms with Crippen molar-refractivity contribution < 1.29 is 4.74 Å². The van der Waals surface area contributed by atoms with Crippen LogP contribution in [0.1, 0.15) is 19.3 Å². The van der Waals surface area contributed by atoms with E-state index in [9.17, 15) is 0 Å². The number of anilines is 1. The summed E-state index contributed by atoms with van der Waals surface area (Å²) in [5.74, 6) is 1.67. The number of halogens is 1. The first-order valence-electron chi connectivity index (χ1n) is 9.52. The molecule has 2 aliphatic rings. The molecule has 27 heavy (non-hydrogen) atoms. The Bertz CT molecular complexity index is 972. The highest BCUT2D eigenvalue weighted by Gasteiger charge is 2.24. The molecule has 0 unspecified atom stereocenters. The van der Waals surface area contributed by atoms with E-state index in [1.807, 2.05) is 36.7 Å². The van der Waals surface area contributed by atoms with Crippen LogP contribution in [0.15, 0.2) is 36.7 Å². The summed E-state index contributed by atoms with van der Waals surface area (Å²) in [6.07, 6.45) is 7.26. The predicted octanol–water partition coefficient (Wildman–Crippen LogP) is 3.71. The van der Waals surface area contributed by atoms with Crippen LogP contribution in [-0.4, -0.2) is 51.8 Å². The summed E-state index contributed by atoms with van der Waals surface area (Å²) in [6.45, 7) is 3.81. The zero-order valence-electron chi connectivity index (χ0n) is 15.1. The van der Waals surface area contributed by atoms with Gasteiger partial charge in [-0.25, -0.2) is 9.50 Å². The van der Waals surface area contributed by atoms with Gasteiger partial charge in [0, 0.05) is 35.9 Å². The normalized spacial score (nSPS) is 20.6. The third kappa shape index (κ3) is 3.35. The summed E-state index contributed by atoms with van der Waals surface area (Å²) in [7, 11) is 0. The molecule has 1 saturated heterocycles. The number of benzene rings is 1. The third-order valence-corrected chi connectivity index (χ3v) is 5.65. The van der Waals surface area contributed by atoms with Gasteiger partial charge in [0.15, 0.2) is 5.65 Å². The molecule has 4 heterocycles. The number of hydrogen-bond acceptors (Lipinski definition) is 5. The van der Waals surface area contributed by atoms with Crippen LogP contribution in [0, 0.1) is 0 Å². The molecule has 6 nitrogen and oxygen atoms in total. The molecule has 2 aliphatic heterocycles. The summed E-state index contributed by atoms with van der Waals surface area (Å²) < 4.78 is 7.80. The average Bonchev–Trinajstić information content (AvgIpc) is 3.28. The number of hydrogen-bond donors (Lipinski definition) is 1. The molecule has 140 valence electrons. The summed E-state index contributed by atoms with van der Waals surface area (Å²) in [5, 5.41) is 8.62. The van der Waals surface area contributed by atoms with Crippen LogP contribution in [0.2, 0.25) is 5.02 Å². The van der Waals surface area contributed by atoms with Crippen LogP contribution in [0.3, 0.4) is 0 Å². The fourth-order valence-electron chi connectivity index (χ4n) is 4.07. The summed E-state index contributed by atoms with van der Waals surface area (Å²) in [6, 6.07) is 8.35. The largest absolute Gasteiger partial charge is 0.493 e. The van der Waals surface area contributed by atoms with Gasteiger partial charge in [-0.3, -0.25) is 4.90 Å². The maximum absolute atomic E-state index is 6.35. The van der Waals surface area contributed by atoms with Gasteiger partial charge in [-0.15, -0.1) is 0 Å². The highest BCUT2D eigenvalue weighted by Crippen LogP contribution is 2.31. The van der Waals surface area contributed by atoms with Gasteiger partial charge < -0.3 is 10.1 Å². The number of rotatable bonds is 0. The first-order valence-corrected chi connectivity index (χ1v) is 9.90. The number of fused-ring (bicyclic) bond motifs is 5. The van der Waals surface area contributed by atoms with E-state index in [1.165, 1.54) is 12.8 Å². The van der Waals surface area contributed by atoms with Crippen LogP contribution >= 0.6 is 11.6 Å². The smallest absolute Gasteiger partial charge is 0.165 e. The maximum Gasteiger partial charge on any atom is 0.165 e. The highest BCUT2D eigenvalue weighted by molar-refractivity contribution is 6.31. The van der Waals surface area contributed by atoms with Gasteiger partial charge in [-0.2, -0.15) is 5.10 Å². The van der Waals surface area contributed by atoms with Gasteiger partial charge in [-0.05, 0) is 55.6 Å². The van der Waals surface area contributed by atoms with E-state index in [1.54, 1.807) is 4.52 Å². The molecule has 0 spiro atoms. The Morgan fingerprint density at radius 2 is 2.11 bits per heavy atom. The highest BCUT2D eigenvalue weighted by atomic mass is 35.5. The summed E-state index contributed by atoms with van der Waals surface area (Å²) in [4.78, 5) is 7.37. The minimum absolute atomic E-state index is 0.549. The van der Waals surface area contributed by atoms with Crippen molar-refractivity contribution in [3.05, 3.63) is 41.7 Å². The number of nitrogens with zero attached hydrogens (tertiary/aromatic N) is 4. The Morgan fingerprint density at radius 3 is 3.07 bits per heavy atom. The molecular weight excluding hydrogens is 362 g/mol. The van der Waals surface area contributed by atoms with Crippen molar-refractivity contribution in [1.82, 2.24) is 19.5 Å². The molecule has 5 rings (SSSR count). The van der Waals surface area contributed by atoms with Crippen LogP contribution in [0.5, 0.6) is 5.75 Å². The third-order valence-electron chi connectivity index (χ3n) is 5.43. The predicted molar refractivity (Wildman–Crippen MR) is 107 cm³/mol. The van der Waals surface area contributed by atoms with Crippen LogP contribution in [-0.2, 0) is 0 Å². The second-order valence-corrected chi connectivity index (χ2v) is 7.67. The molecule has 0 aliphatic carbocycles. The zero-order valence-corrected chi connectivity index (χ0v) is 15.8. The second-order valence-electron chi connectivity index (χ2n) is 7.23.